The molecule has 0 bridgehead atoms. The van der Waals surface area contributed by atoms with Gasteiger partial charge in [0, 0.05) is 12.1 Å². The van der Waals surface area contributed by atoms with Crippen LogP contribution in [0.15, 0.2) is 24.8 Å². The Labute approximate surface area is 323 Å². The maximum atomic E-state index is 3.90. The predicted molar refractivity (Wildman–Crippen MR) is 232 cm³/mol. The molecule has 0 aromatic carbocycles. The molecule has 0 N–H and O–H groups in total. The molecule has 1 aliphatic heterocycles. The third kappa shape index (κ3) is 28.5. The van der Waals surface area contributed by atoms with Crippen LogP contribution in [0, 0.1) is 5.92 Å². The fourth-order valence-corrected chi connectivity index (χ4v) is 8.35. The smallest absolute Gasteiger partial charge is 0.0280 e. The molecule has 1 saturated heterocycles. The van der Waals surface area contributed by atoms with E-state index in [0.717, 1.165) is 5.92 Å². The van der Waals surface area contributed by atoms with E-state index in [2.05, 4.69) is 74.1 Å². The number of nitrogens with zero attached hydrogens (tertiary/aromatic N) is 3. The lowest BCUT2D eigenvalue weighted by molar-refractivity contribution is 0.0395. The predicted octanol–water partition coefficient (Wildman–Crippen LogP) is 14.4. The first-order valence-corrected chi connectivity index (χ1v) is 23.4. The summed E-state index contributed by atoms with van der Waals surface area (Å²) >= 11 is 0. The zero-order chi connectivity index (χ0) is 37.1. The van der Waals surface area contributed by atoms with Gasteiger partial charge in [0.15, 0.2) is 0 Å². The Balaban J connectivity index is 2.55. The van der Waals surface area contributed by atoms with Crippen LogP contribution in [0.3, 0.4) is 0 Å². The molecule has 0 aromatic heterocycles. The Bertz CT molecular complexity index is 752. The van der Waals surface area contributed by atoms with Gasteiger partial charge in [-0.15, -0.1) is 6.58 Å². The van der Waals surface area contributed by atoms with Crippen LogP contribution >= 0.6 is 0 Å². The molecule has 0 radical (unpaired) electrons. The first-order valence-electron chi connectivity index (χ1n) is 23.4. The highest BCUT2D eigenvalue weighted by Crippen LogP contribution is 2.28. The largest absolute Gasteiger partial charge is 0.303 e. The van der Waals surface area contributed by atoms with Crippen molar-refractivity contribution in [1.82, 2.24) is 14.7 Å². The van der Waals surface area contributed by atoms with Gasteiger partial charge in [-0.25, -0.2) is 0 Å². The zero-order valence-electron chi connectivity index (χ0n) is 36.0. The Morgan fingerprint density at radius 2 is 0.941 bits per heavy atom. The van der Waals surface area contributed by atoms with Gasteiger partial charge in [0.05, 0.1) is 0 Å². The normalized spacial score (nSPS) is 14.9. The highest BCUT2D eigenvalue weighted by atomic mass is 15.2. The summed E-state index contributed by atoms with van der Waals surface area (Å²) in [4.78, 5) is 8.60. The van der Waals surface area contributed by atoms with Crippen LogP contribution in [0.2, 0.25) is 0 Å². The second-order valence-corrected chi connectivity index (χ2v) is 17.3. The number of piperidine rings is 1. The second kappa shape index (κ2) is 35.1. The van der Waals surface area contributed by atoms with Crippen LogP contribution in [0.5, 0.6) is 0 Å². The SMILES string of the molecule is C=CCCCCCCCN(CCCCCCCCC)CC(C)(C)N1CCC(CCN(CCC/C=C/CCCC)CCCCCCCCCC)CC1. The Kier molecular flexibility index (Phi) is 33.3. The fourth-order valence-electron chi connectivity index (χ4n) is 8.35. The summed E-state index contributed by atoms with van der Waals surface area (Å²) < 4.78 is 0. The molecule has 0 aromatic rings. The molecule has 3 nitrogen and oxygen atoms in total. The van der Waals surface area contributed by atoms with Gasteiger partial charge in [-0.3, -0.25) is 4.90 Å². The van der Waals surface area contributed by atoms with Crippen molar-refractivity contribution in [3.8, 4) is 0 Å². The van der Waals surface area contributed by atoms with Gasteiger partial charge >= 0.3 is 0 Å². The number of likely N-dealkylation sites (tertiary alicyclic amines) is 1. The molecule has 0 amide bonds. The van der Waals surface area contributed by atoms with Crippen LogP contribution in [-0.2, 0) is 0 Å². The quantitative estimate of drug-likeness (QED) is 0.0466. The summed E-state index contributed by atoms with van der Waals surface area (Å²) in [6.45, 7) is 26.3. The Morgan fingerprint density at radius 1 is 0.510 bits per heavy atom. The molecule has 51 heavy (non-hydrogen) atoms. The third-order valence-electron chi connectivity index (χ3n) is 12.0. The highest BCUT2D eigenvalue weighted by molar-refractivity contribution is 4.89. The van der Waals surface area contributed by atoms with Gasteiger partial charge in [-0.05, 0) is 136 Å². The lowest BCUT2D eigenvalue weighted by Crippen LogP contribution is -2.54. The molecular weight excluding hydrogens is 619 g/mol. The first-order chi connectivity index (χ1) is 25.0. The Hall–Kier alpha value is -0.640. The summed E-state index contributed by atoms with van der Waals surface area (Å²) in [5.41, 5.74) is 0.267. The lowest BCUT2D eigenvalue weighted by Gasteiger charge is -2.45. The van der Waals surface area contributed by atoms with Crippen LogP contribution < -0.4 is 0 Å². The van der Waals surface area contributed by atoms with Crippen molar-refractivity contribution in [2.24, 2.45) is 5.92 Å². The van der Waals surface area contributed by atoms with Gasteiger partial charge < -0.3 is 9.80 Å². The summed E-state index contributed by atoms with van der Waals surface area (Å²) in [5, 5.41) is 0. The second-order valence-electron chi connectivity index (χ2n) is 17.3. The molecule has 1 aliphatic rings. The van der Waals surface area contributed by atoms with E-state index in [0.29, 0.717) is 0 Å². The Morgan fingerprint density at radius 3 is 1.45 bits per heavy atom. The maximum Gasteiger partial charge on any atom is 0.0280 e. The van der Waals surface area contributed by atoms with E-state index in [4.69, 9.17) is 0 Å². The minimum absolute atomic E-state index is 0.267. The molecule has 0 unspecified atom stereocenters. The summed E-state index contributed by atoms with van der Waals surface area (Å²) in [6, 6.07) is 0. The van der Waals surface area contributed by atoms with Crippen LogP contribution in [-0.4, -0.2) is 72.6 Å². The van der Waals surface area contributed by atoms with Crippen molar-refractivity contribution in [1.29, 1.82) is 0 Å². The van der Waals surface area contributed by atoms with Gasteiger partial charge in [0.2, 0.25) is 0 Å². The topological polar surface area (TPSA) is 9.72 Å². The standard InChI is InChI=1S/C48H95N3/c1-7-11-15-19-23-27-29-33-40-49(39-32-28-24-20-16-12-8-2)43-36-47-37-44-51(45-38-47)48(5,6)46-50(41-34-30-25-21-17-13-9-3)42-35-31-26-22-18-14-10-4/h9,20,24,47H,3,7-8,10-19,21-23,25-46H2,1-2,4-6H3/b24-20+. The van der Waals surface area contributed by atoms with E-state index in [1.165, 1.54) is 239 Å². The minimum atomic E-state index is 0.267. The number of unbranched alkanes of at least 4 members (excludes halogenated alkanes) is 21. The van der Waals surface area contributed by atoms with Crippen molar-refractivity contribution >= 4 is 0 Å². The molecule has 0 atom stereocenters. The lowest BCUT2D eigenvalue weighted by atomic mass is 9.89. The first kappa shape index (κ1) is 48.4. The van der Waals surface area contributed by atoms with Crippen molar-refractivity contribution in [3.63, 3.8) is 0 Å². The van der Waals surface area contributed by atoms with E-state index < -0.39 is 0 Å². The number of rotatable bonds is 38. The van der Waals surface area contributed by atoms with Gasteiger partial charge in [-0.2, -0.15) is 0 Å². The van der Waals surface area contributed by atoms with E-state index >= 15 is 0 Å². The highest BCUT2D eigenvalue weighted by Gasteiger charge is 2.32. The molecule has 3 heteroatoms. The molecule has 1 heterocycles. The van der Waals surface area contributed by atoms with Crippen molar-refractivity contribution in [2.45, 2.75) is 226 Å². The average molecular weight is 714 g/mol. The number of hydrogen-bond acceptors (Lipinski definition) is 3. The molecule has 0 aliphatic carbocycles. The average Bonchev–Trinajstić information content (AvgIpc) is 3.13. The number of allylic oxidation sites excluding steroid dienone is 3. The summed E-state index contributed by atoms with van der Waals surface area (Å²) in [5.74, 6) is 0.914. The van der Waals surface area contributed by atoms with Crippen LogP contribution in [0.1, 0.15) is 221 Å². The third-order valence-corrected chi connectivity index (χ3v) is 12.0. The van der Waals surface area contributed by atoms with Gasteiger partial charge in [0.1, 0.15) is 0 Å². The molecule has 1 rings (SSSR count). The van der Waals surface area contributed by atoms with Gasteiger partial charge in [-0.1, -0.05) is 155 Å². The van der Waals surface area contributed by atoms with Crippen molar-refractivity contribution in [2.75, 3.05) is 52.4 Å². The zero-order valence-corrected chi connectivity index (χ0v) is 36.0. The van der Waals surface area contributed by atoms with Crippen molar-refractivity contribution in [3.05, 3.63) is 24.8 Å². The molecular formula is C48H95N3. The summed E-state index contributed by atoms with van der Waals surface area (Å²) in [6.07, 6.45) is 47.0. The van der Waals surface area contributed by atoms with Gasteiger partial charge in [0.25, 0.3) is 0 Å². The number of hydrogen-bond donors (Lipinski definition) is 0. The molecule has 302 valence electrons. The van der Waals surface area contributed by atoms with E-state index in [1.807, 2.05) is 0 Å². The van der Waals surface area contributed by atoms with Crippen LogP contribution in [0.25, 0.3) is 0 Å². The minimum Gasteiger partial charge on any atom is -0.303 e. The summed E-state index contributed by atoms with van der Waals surface area (Å²) in [7, 11) is 0. The van der Waals surface area contributed by atoms with Crippen molar-refractivity contribution < 1.29 is 0 Å². The monoisotopic (exact) mass is 714 g/mol. The van der Waals surface area contributed by atoms with Crippen LogP contribution in [0.4, 0.5) is 0 Å². The molecule has 0 saturated carbocycles. The fraction of sp³-hybridized carbons (Fsp3) is 0.917. The van der Waals surface area contributed by atoms with E-state index in [-0.39, 0.29) is 5.54 Å². The van der Waals surface area contributed by atoms with E-state index in [1.54, 1.807) is 0 Å². The molecule has 1 fully saturated rings. The van der Waals surface area contributed by atoms with E-state index in [9.17, 15) is 0 Å². The molecule has 0 spiro atoms. The maximum absolute atomic E-state index is 3.90.